The molecule has 3 nitrogen and oxygen atoms in total. The van der Waals surface area contributed by atoms with Crippen LogP contribution < -0.4 is 4.74 Å². The van der Waals surface area contributed by atoms with Gasteiger partial charge in [-0.1, -0.05) is 36.4 Å². The maximum atomic E-state index is 10.6. The van der Waals surface area contributed by atoms with Crippen molar-refractivity contribution in [2.75, 3.05) is 0 Å². The second kappa shape index (κ2) is 7.75. The van der Waals surface area contributed by atoms with Crippen LogP contribution in [0.25, 0.3) is 0 Å². The van der Waals surface area contributed by atoms with Gasteiger partial charge in [0.25, 0.3) is 0 Å². The van der Waals surface area contributed by atoms with Crippen LogP contribution in [0.4, 0.5) is 0 Å². The number of rotatable bonds is 7. The van der Waals surface area contributed by atoms with Crippen molar-refractivity contribution in [1.29, 1.82) is 0 Å². The first-order valence-corrected chi connectivity index (χ1v) is 8.61. The lowest BCUT2D eigenvalue weighted by molar-refractivity contribution is 0.102. The normalized spacial score (nSPS) is 13.3. The highest BCUT2D eigenvalue weighted by molar-refractivity contribution is 5.57. The van der Waals surface area contributed by atoms with Crippen molar-refractivity contribution >= 4 is 0 Å². The fourth-order valence-electron chi connectivity index (χ4n) is 2.90. The summed E-state index contributed by atoms with van der Waals surface area (Å²) in [6.45, 7) is 11.7. The van der Waals surface area contributed by atoms with E-state index in [2.05, 4.69) is 6.58 Å². The van der Waals surface area contributed by atoms with Gasteiger partial charge in [0.1, 0.15) is 18.1 Å². The minimum atomic E-state index is -0.956. The average Bonchev–Trinajstić information content (AvgIpc) is 2.60. The molecule has 25 heavy (non-hydrogen) atoms. The van der Waals surface area contributed by atoms with Gasteiger partial charge in [-0.2, -0.15) is 0 Å². The van der Waals surface area contributed by atoms with E-state index in [9.17, 15) is 10.2 Å². The highest BCUT2D eigenvalue weighted by Crippen LogP contribution is 2.38. The first-order valence-electron chi connectivity index (χ1n) is 8.61. The van der Waals surface area contributed by atoms with E-state index >= 15 is 0 Å². The number of phenols is 1. The molecule has 0 aliphatic carbocycles. The standard InChI is InChI=1S/C22H28O3/c1-6-22(5,24)13-12-19-17(4)21(16(3)15(2)20(19)23)25-14-18-10-8-7-9-11-18/h6-11,23-24H,1,12-14H2,2-5H3. The molecule has 0 aliphatic heterocycles. The smallest absolute Gasteiger partial charge is 0.126 e. The van der Waals surface area contributed by atoms with E-state index in [0.717, 1.165) is 33.6 Å². The van der Waals surface area contributed by atoms with Crippen molar-refractivity contribution in [3.63, 3.8) is 0 Å². The van der Waals surface area contributed by atoms with Crippen molar-refractivity contribution in [2.45, 2.75) is 52.7 Å². The van der Waals surface area contributed by atoms with E-state index in [-0.39, 0.29) is 0 Å². The SMILES string of the molecule is C=CC(C)(O)CCc1c(C)c(OCc2ccccc2)c(C)c(C)c1O. The molecule has 2 N–H and O–H groups in total. The summed E-state index contributed by atoms with van der Waals surface area (Å²) in [7, 11) is 0. The molecule has 0 saturated heterocycles. The highest BCUT2D eigenvalue weighted by atomic mass is 16.5. The third-order valence-electron chi connectivity index (χ3n) is 4.88. The lowest BCUT2D eigenvalue weighted by atomic mass is 9.90. The molecule has 0 radical (unpaired) electrons. The zero-order valence-electron chi connectivity index (χ0n) is 15.6. The van der Waals surface area contributed by atoms with E-state index in [1.54, 1.807) is 6.92 Å². The minimum Gasteiger partial charge on any atom is -0.507 e. The van der Waals surface area contributed by atoms with Crippen LogP contribution in [0.2, 0.25) is 0 Å². The van der Waals surface area contributed by atoms with Crippen LogP contribution in [-0.2, 0) is 13.0 Å². The second-order valence-electron chi connectivity index (χ2n) is 6.87. The predicted molar refractivity (Wildman–Crippen MR) is 102 cm³/mol. The molecule has 2 rings (SSSR count). The molecule has 134 valence electrons. The second-order valence-corrected chi connectivity index (χ2v) is 6.87. The molecule has 0 spiro atoms. The van der Waals surface area contributed by atoms with Crippen LogP contribution in [0.3, 0.4) is 0 Å². The molecule has 0 aromatic heterocycles. The first kappa shape index (κ1) is 19.1. The van der Waals surface area contributed by atoms with Crippen LogP contribution in [0.1, 0.15) is 41.2 Å². The van der Waals surface area contributed by atoms with Gasteiger partial charge in [0.2, 0.25) is 0 Å². The summed E-state index contributed by atoms with van der Waals surface area (Å²) in [6.07, 6.45) is 2.58. The molecule has 0 aliphatic rings. The Morgan fingerprint density at radius 2 is 1.72 bits per heavy atom. The summed E-state index contributed by atoms with van der Waals surface area (Å²) in [5.41, 5.74) is 3.67. The number of ether oxygens (including phenoxy) is 1. The third-order valence-corrected chi connectivity index (χ3v) is 4.88. The van der Waals surface area contributed by atoms with E-state index < -0.39 is 5.60 Å². The Bertz CT molecular complexity index is 746. The molecule has 2 aromatic carbocycles. The van der Waals surface area contributed by atoms with Crippen LogP contribution >= 0.6 is 0 Å². The van der Waals surface area contributed by atoms with Crippen molar-refractivity contribution < 1.29 is 14.9 Å². The number of aliphatic hydroxyl groups is 1. The molecule has 0 amide bonds. The lowest BCUT2D eigenvalue weighted by Gasteiger charge is -2.23. The highest BCUT2D eigenvalue weighted by Gasteiger charge is 2.21. The fraction of sp³-hybridized carbons (Fsp3) is 0.364. The Balaban J connectivity index is 2.31. The molecule has 0 heterocycles. The summed E-state index contributed by atoms with van der Waals surface area (Å²) in [4.78, 5) is 0. The molecule has 2 aromatic rings. The van der Waals surface area contributed by atoms with Crippen LogP contribution in [0.5, 0.6) is 11.5 Å². The number of hydrogen-bond acceptors (Lipinski definition) is 3. The first-order chi connectivity index (χ1) is 11.8. The van der Waals surface area contributed by atoms with Crippen molar-refractivity contribution in [1.82, 2.24) is 0 Å². The molecular formula is C22H28O3. The van der Waals surface area contributed by atoms with E-state index in [1.165, 1.54) is 6.08 Å². The Morgan fingerprint density at radius 1 is 1.08 bits per heavy atom. The quantitative estimate of drug-likeness (QED) is 0.714. The number of aromatic hydroxyl groups is 1. The average molecular weight is 340 g/mol. The van der Waals surface area contributed by atoms with Crippen LogP contribution in [0.15, 0.2) is 43.0 Å². The summed E-state index contributed by atoms with van der Waals surface area (Å²) < 4.78 is 6.09. The third kappa shape index (κ3) is 4.43. The van der Waals surface area contributed by atoms with Crippen molar-refractivity contribution in [3.05, 3.63) is 70.8 Å². The minimum absolute atomic E-state index is 0.293. The van der Waals surface area contributed by atoms with Gasteiger partial charge in [-0.05, 0) is 62.8 Å². The molecule has 1 unspecified atom stereocenters. The molecule has 0 bridgehead atoms. The van der Waals surface area contributed by atoms with Gasteiger partial charge in [-0.3, -0.25) is 0 Å². The Kier molecular flexibility index (Phi) is 5.91. The summed E-state index contributed by atoms with van der Waals surface area (Å²) in [5.74, 6) is 1.11. The maximum absolute atomic E-state index is 10.6. The van der Waals surface area contributed by atoms with Gasteiger partial charge in [0.15, 0.2) is 0 Å². The number of phenolic OH excluding ortho intramolecular Hbond substituents is 1. The van der Waals surface area contributed by atoms with Gasteiger partial charge in [-0.25, -0.2) is 0 Å². The molecular weight excluding hydrogens is 312 g/mol. The lowest BCUT2D eigenvalue weighted by Crippen LogP contribution is -2.21. The molecule has 3 heteroatoms. The summed E-state index contributed by atoms with van der Waals surface area (Å²) >= 11 is 0. The Morgan fingerprint density at radius 3 is 2.32 bits per heavy atom. The van der Waals surface area contributed by atoms with Crippen molar-refractivity contribution in [2.24, 2.45) is 0 Å². The van der Waals surface area contributed by atoms with Gasteiger partial charge >= 0.3 is 0 Å². The van der Waals surface area contributed by atoms with E-state index in [0.29, 0.717) is 25.2 Å². The van der Waals surface area contributed by atoms with Crippen LogP contribution in [-0.4, -0.2) is 15.8 Å². The Hall–Kier alpha value is -2.26. The van der Waals surface area contributed by atoms with Gasteiger partial charge in [0, 0.05) is 5.56 Å². The number of benzene rings is 2. The zero-order valence-corrected chi connectivity index (χ0v) is 15.6. The van der Waals surface area contributed by atoms with Gasteiger partial charge in [-0.15, -0.1) is 6.58 Å². The topological polar surface area (TPSA) is 49.7 Å². The zero-order chi connectivity index (χ0) is 18.6. The predicted octanol–water partition coefficient (Wildman–Crippen LogP) is 4.77. The van der Waals surface area contributed by atoms with Gasteiger partial charge < -0.3 is 14.9 Å². The maximum Gasteiger partial charge on any atom is 0.126 e. The van der Waals surface area contributed by atoms with E-state index in [4.69, 9.17) is 4.74 Å². The van der Waals surface area contributed by atoms with E-state index in [1.807, 2.05) is 51.1 Å². The molecule has 0 saturated carbocycles. The summed E-state index contributed by atoms with van der Waals surface area (Å²) in [6, 6.07) is 10.0. The number of hydrogen-bond donors (Lipinski definition) is 2. The van der Waals surface area contributed by atoms with Crippen LogP contribution in [0, 0.1) is 20.8 Å². The fourth-order valence-corrected chi connectivity index (χ4v) is 2.90. The monoisotopic (exact) mass is 340 g/mol. The molecule has 1 atom stereocenters. The summed E-state index contributed by atoms with van der Waals surface area (Å²) in [5, 5.41) is 20.8. The molecule has 0 fully saturated rings. The largest absolute Gasteiger partial charge is 0.507 e. The van der Waals surface area contributed by atoms with Gasteiger partial charge in [0.05, 0.1) is 5.60 Å². The van der Waals surface area contributed by atoms with Crippen molar-refractivity contribution in [3.8, 4) is 11.5 Å². The Labute approximate surface area is 150 Å².